The van der Waals surface area contributed by atoms with Gasteiger partial charge in [0.1, 0.15) is 5.69 Å². The van der Waals surface area contributed by atoms with E-state index in [4.69, 9.17) is 14.5 Å². The normalized spacial score (nSPS) is 13.7. The number of nitrogens with one attached hydrogen (secondary N) is 1. The second-order valence-corrected chi connectivity index (χ2v) is 7.63. The van der Waals surface area contributed by atoms with Gasteiger partial charge in [0.05, 0.1) is 26.1 Å². The van der Waals surface area contributed by atoms with E-state index in [2.05, 4.69) is 20.4 Å². The minimum absolute atomic E-state index is 0.263. The third-order valence-electron chi connectivity index (χ3n) is 5.46. The maximum Gasteiger partial charge on any atom is 0.290 e. The monoisotopic (exact) mass is 445 g/mol. The maximum atomic E-state index is 12.9. The minimum Gasteiger partial charge on any atom is -0.493 e. The number of rotatable bonds is 7. The number of nitrogens with zero attached hydrogens (tertiary/aromatic N) is 4. The summed E-state index contributed by atoms with van der Waals surface area (Å²) in [4.78, 5) is 24.4. The number of hydrogen-bond acceptors (Lipinski definition) is 7. The second-order valence-electron chi connectivity index (χ2n) is 7.63. The molecule has 0 bridgehead atoms. The Bertz CT molecular complexity index is 1130. The highest BCUT2D eigenvalue weighted by Crippen LogP contribution is 2.29. The molecule has 0 saturated carbocycles. The Morgan fingerprint density at radius 1 is 1.00 bits per heavy atom. The lowest BCUT2D eigenvalue weighted by molar-refractivity contribution is 0.0950. The van der Waals surface area contributed by atoms with E-state index < -0.39 is 5.91 Å². The van der Waals surface area contributed by atoms with Crippen LogP contribution >= 0.6 is 0 Å². The average Bonchev–Trinajstić information content (AvgIpc) is 2.89. The van der Waals surface area contributed by atoms with E-state index in [1.807, 2.05) is 42.5 Å². The van der Waals surface area contributed by atoms with Crippen molar-refractivity contribution in [2.75, 3.05) is 32.2 Å². The summed E-state index contributed by atoms with van der Waals surface area (Å²) in [5.41, 5.74) is 5.14. The molecule has 2 aromatic carbocycles. The van der Waals surface area contributed by atoms with Crippen molar-refractivity contribution >= 4 is 18.1 Å². The van der Waals surface area contributed by atoms with E-state index >= 15 is 0 Å². The van der Waals surface area contributed by atoms with Crippen LogP contribution in [0, 0.1) is 0 Å². The van der Waals surface area contributed by atoms with E-state index in [9.17, 15) is 4.79 Å². The number of hydrogen-bond donors (Lipinski definition) is 1. The van der Waals surface area contributed by atoms with Gasteiger partial charge in [0.2, 0.25) is 5.95 Å². The number of aromatic nitrogens is 2. The molecule has 0 aliphatic carbocycles. The highest BCUT2D eigenvalue weighted by molar-refractivity contribution is 5.94. The zero-order valence-corrected chi connectivity index (χ0v) is 18.8. The molecular formula is C25H27N5O3. The van der Waals surface area contributed by atoms with Crippen molar-refractivity contribution in [3.05, 3.63) is 65.9 Å². The Morgan fingerprint density at radius 3 is 2.52 bits per heavy atom. The van der Waals surface area contributed by atoms with E-state index in [0.717, 1.165) is 31.5 Å². The van der Waals surface area contributed by atoms with Crippen LogP contribution in [0.15, 0.2) is 59.7 Å². The molecule has 2 heterocycles. The van der Waals surface area contributed by atoms with Gasteiger partial charge in [-0.2, -0.15) is 5.10 Å². The highest BCUT2D eigenvalue weighted by atomic mass is 16.5. The lowest BCUT2D eigenvalue weighted by Crippen LogP contribution is -2.32. The fourth-order valence-corrected chi connectivity index (χ4v) is 3.77. The molecule has 1 amide bonds. The Kier molecular flexibility index (Phi) is 7.14. The molecule has 8 nitrogen and oxygen atoms in total. The van der Waals surface area contributed by atoms with Gasteiger partial charge in [-0.1, -0.05) is 36.4 Å². The fourth-order valence-electron chi connectivity index (χ4n) is 3.77. The van der Waals surface area contributed by atoms with Gasteiger partial charge in [-0.25, -0.2) is 15.4 Å². The van der Waals surface area contributed by atoms with Crippen molar-refractivity contribution in [1.82, 2.24) is 15.4 Å². The fraction of sp³-hybridized carbons (Fsp3) is 0.280. The molecule has 1 aliphatic rings. The first-order chi connectivity index (χ1) is 16.2. The third kappa shape index (κ3) is 5.28. The average molecular weight is 446 g/mol. The van der Waals surface area contributed by atoms with Crippen LogP contribution in [-0.4, -0.2) is 49.4 Å². The number of piperidine rings is 1. The number of ether oxygens (including phenoxy) is 2. The van der Waals surface area contributed by atoms with Gasteiger partial charge in [-0.3, -0.25) is 4.79 Å². The summed E-state index contributed by atoms with van der Waals surface area (Å²) in [7, 11) is 3.13. The van der Waals surface area contributed by atoms with Gasteiger partial charge in [-0.15, -0.1) is 0 Å². The number of carbonyl (C=O) groups is 1. The molecule has 1 fully saturated rings. The molecule has 1 aliphatic heterocycles. The maximum absolute atomic E-state index is 12.9. The molecule has 0 radical (unpaired) electrons. The van der Waals surface area contributed by atoms with Crippen molar-refractivity contribution in [3.63, 3.8) is 0 Å². The van der Waals surface area contributed by atoms with Gasteiger partial charge in [0, 0.05) is 24.2 Å². The SMILES string of the molecule is COc1cccc(/C=N/NC(=O)c2cc(-c3ccccc3)nc(N3CCCCC3)n2)c1OC. The molecule has 0 unspecified atom stereocenters. The largest absolute Gasteiger partial charge is 0.493 e. The zero-order valence-electron chi connectivity index (χ0n) is 18.8. The summed E-state index contributed by atoms with van der Waals surface area (Å²) in [5, 5.41) is 4.11. The van der Waals surface area contributed by atoms with Crippen molar-refractivity contribution in [2.45, 2.75) is 19.3 Å². The molecule has 0 spiro atoms. The number of anilines is 1. The summed E-state index contributed by atoms with van der Waals surface area (Å²) in [5.74, 6) is 1.28. The second kappa shape index (κ2) is 10.6. The van der Waals surface area contributed by atoms with Crippen molar-refractivity contribution in [2.24, 2.45) is 5.10 Å². The molecule has 1 aromatic heterocycles. The van der Waals surface area contributed by atoms with Crippen LogP contribution in [0.5, 0.6) is 11.5 Å². The Hall–Kier alpha value is -3.94. The van der Waals surface area contributed by atoms with Crippen LogP contribution in [0.2, 0.25) is 0 Å². The molecule has 1 N–H and O–H groups in total. The van der Waals surface area contributed by atoms with E-state index in [1.165, 1.54) is 12.6 Å². The minimum atomic E-state index is -0.411. The molecule has 170 valence electrons. The van der Waals surface area contributed by atoms with Crippen LogP contribution in [0.1, 0.15) is 35.3 Å². The zero-order chi connectivity index (χ0) is 23.0. The molecule has 8 heteroatoms. The lowest BCUT2D eigenvalue weighted by atomic mass is 10.1. The van der Waals surface area contributed by atoms with Gasteiger partial charge < -0.3 is 14.4 Å². The number of hydrazone groups is 1. The number of methoxy groups -OCH3 is 2. The molecule has 3 aromatic rings. The quantitative estimate of drug-likeness (QED) is 0.438. The Balaban J connectivity index is 1.59. The van der Waals surface area contributed by atoms with Crippen LogP contribution in [0.25, 0.3) is 11.3 Å². The van der Waals surface area contributed by atoms with Gasteiger partial charge in [0.15, 0.2) is 11.5 Å². The number of amides is 1. The smallest absolute Gasteiger partial charge is 0.290 e. The van der Waals surface area contributed by atoms with Crippen LogP contribution in [-0.2, 0) is 0 Å². The number of para-hydroxylation sites is 1. The topological polar surface area (TPSA) is 88.9 Å². The summed E-state index contributed by atoms with van der Waals surface area (Å²) < 4.78 is 10.7. The van der Waals surface area contributed by atoms with Crippen molar-refractivity contribution in [3.8, 4) is 22.8 Å². The first-order valence-electron chi connectivity index (χ1n) is 10.9. The summed E-state index contributed by atoms with van der Waals surface area (Å²) >= 11 is 0. The van der Waals surface area contributed by atoms with Gasteiger partial charge >= 0.3 is 0 Å². The molecule has 0 atom stereocenters. The first kappa shape index (κ1) is 22.3. The van der Waals surface area contributed by atoms with Crippen LogP contribution < -0.4 is 19.8 Å². The highest BCUT2D eigenvalue weighted by Gasteiger charge is 2.18. The summed E-state index contributed by atoms with van der Waals surface area (Å²) in [6, 6.07) is 16.9. The van der Waals surface area contributed by atoms with E-state index in [1.54, 1.807) is 26.4 Å². The summed E-state index contributed by atoms with van der Waals surface area (Å²) in [6.07, 6.45) is 4.90. The number of benzene rings is 2. The van der Waals surface area contributed by atoms with Crippen LogP contribution in [0.4, 0.5) is 5.95 Å². The standard InChI is InChI=1S/C25H27N5O3/c1-32-22-13-9-12-19(23(22)33-2)17-26-29-24(31)21-16-20(18-10-5-3-6-11-18)27-25(28-21)30-14-7-4-8-15-30/h3,5-6,9-13,16-17H,4,7-8,14-15H2,1-2H3,(H,29,31)/b26-17+. The first-order valence-corrected chi connectivity index (χ1v) is 10.9. The predicted molar refractivity (Wildman–Crippen MR) is 128 cm³/mol. The molecule has 4 rings (SSSR count). The van der Waals surface area contributed by atoms with Gasteiger partial charge in [0.25, 0.3) is 5.91 Å². The predicted octanol–water partition coefficient (Wildman–Crippen LogP) is 3.92. The molecular weight excluding hydrogens is 418 g/mol. The molecule has 33 heavy (non-hydrogen) atoms. The Morgan fingerprint density at radius 2 is 1.79 bits per heavy atom. The third-order valence-corrected chi connectivity index (χ3v) is 5.46. The van der Waals surface area contributed by atoms with Gasteiger partial charge in [-0.05, 0) is 37.5 Å². The van der Waals surface area contributed by atoms with E-state index in [-0.39, 0.29) is 5.69 Å². The summed E-state index contributed by atoms with van der Waals surface area (Å²) in [6.45, 7) is 1.76. The lowest BCUT2D eigenvalue weighted by Gasteiger charge is -2.27. The number of carbonyl (C=O) groups excluding carboxylic acids is 1. The molecule has 1 saturated heterocycles. The Labute approximate surface area is 193 Å². The van der Waals surface area contributed by atoms with Crippen molar-refractivity contribution in [1.29, 1.82) is 0 Å². The van der Waals surface area contributed by atoms with Crippen molar-refractivity contribution < 1.29 is 14.3 Å². The van der Waals surface area contributed by atoms with Crippen LogP contribution in [0.3, 0.4) is 0 Å². The van der Waals surface area contributed by atoms with E-state index in [0.29, 0.717) is 28.7 Å².